The Morgan fingerprint density at radius 1 is 1.30 bits per heavy atom. The number of carbonyl (C=O) groups is 2. The van der Waals surface area contributed by atoms with E-state index in [1.54, 1.807) is 4.90 Å². The molecule has 1 fully saturated rings. The van der Waals surface area contributed by atoms with Crippen molar-refractivity contribution in [1.29, 1.82) is 0 Å². The third-order valence-corrected chi connectivity index (χ3v) is 4.19. The normalized spacial score (nSPS) is 18.7. The van der Waals surface area contributed by atoms with Crippen LogP contribution in [0.5, 0.6) is 0 Å². The second-order valence-corrected chi connectivity index (χ2v) is 6.05. The third kappa shape index (κ3) is 5.56. The molecule has 23 heavy (non-hydrogen) atoms. The number of urea groups is 1. The average Bonchev–Trinajstić information content (AvgIpc) is 3.02. The minimum Gasteiger partial charge on any atom is -0.481 e. The number of carboxylic acids is 1. The van der Waals surface area contributed by atoms with Gasteiger partial charge in [-0.3, -0.25) is 4.79 Å². The minimum absolute atomic E-state index is 0.0248. The SMILES string of the molecule is O=C(O)CCC(Cc1ccccc1)NC(=O)N1CC[C@@H](CO)C1. The summed E-state index contributed by atoms with van der Waals surface area (Å²) in [4.78, 5) is 24.9. The summed E-state index contributed by atoms with van der Waals surface area (Å²) >= 11 is 0. The van der Waals surface area contributed by atoms with E-state index in [1.807, 2.05) is 30.3 Å². The Bertz CT molecular complexity index is 521. The highest BCUT2D eigenvalue weighted by Crippen LogP contribution is 2.16. The summed E-state index contributed by atoms with van der Waals surface area (Å²) in [6, 6.07) is 9.33. The summed E-state index contributed by atoms with van der Waals surface area (Å²) in [5.41, 5.74) is 1.07. The number of amides is 2. The zero-order chi connectivity index (χ0) is 16.7. The molecule has 126 valence electrons. The summed E-state index contributed by atoms with van der Waals surface area (Å²) in [5.74, 6) is -0.717. The summed E-state index contributed by atoms with van der Waals surface area (Å²) in [7, 11) is 0. The van der Waals surface area contributed by atoms with Gasteiger partial charge in [0.2, 0.25) is 0 Å². The van der Waals surface area contributed by atoms with Gasteiger partial charge in [0, 0.05) is 38.1 Å². The zero-order valence-electron chi connectivity index (χ0n) is 13.1. The Balaban J connectivity index is 1.93. The van der Waals surface area contributed by atoms with E-state index < -0.39 is 5.97 Å². The first-order chi connectivity index (χ1) is 11.1. The Hall–Kier alpha value is -2.08. The van der Waals surface area contributed by atoms with Gasteiger partial charge in [0.25, 0.3) is 0 Å². The molecule has 1 aliphatic heterocycles. The number of rotatable bonds is 7. The van der Waals surface area contributed by atoms with Crippen LogP contribution in [0.25, 0.3) is 0 Å². The number of nitrogens with zero attached hydrogens (tertiary/aromatic N) is 1. The van der Waals surface area contributed by atoms with E-state index in [1.165, 1.54) is 0 Å². The van der Waals surface area contributed by atoms with Gasteiger partial charge in [0.05, 0.1) is 0 Å². The van der Waals surface area contributed by atoms with Crippen molar-refractivity contribution in [3.63, 3.8) is 0 Å². The molecule has 2 rings (SSSR count). The third-order valence-electron chi connectivity index (χ3n) is 4.19. The van der Waals surface area contributed by atoms with Gasteiger partial charge in [-0.05, 0) is 24.8 Å². The molecule has 2 amide bonds. The maximum atomic E-state index is 12.3. The fourth-order valence-electron chi connectivity index (χ4n) is 2.85. The van der Waals surface area contributed by atoms with Gasteiger partial charge in [0.1, 0.15) is 0 Å². The maximum absolute atomic E-state index is 12.3. The van der Waals surface area contributed by atoms with Crippen molar-refractivity contribution < 1.29 is 19.8 Å². The molecule has 1 heterocycles. The standard InChI is InChI=1S/C17H24N2O4/c20-12-14-8-9-19(11-14)17(23)18-15(6-7-16(21)22)10-13-4-2-1-3-5-13/h1-5,14-15,20H,6-12H2,(H,18,23)(H,21,22)/t14-,15?/m1/s1. The van der Waals surface area contributed by atoms with Crippen molar-refractivity contribution in [2.24, 2.45) is 5.92 Å². The van der Waals surface area contributed by atoms with E-state index >= 15 is 0 Å². The van der Waals surface area contributed by atoms with E-state index in [4.69, 9.17) is 10.2 Å². The molecule has 6 nitrogen and oxygen atoms in total. The Morgan fingerprint density at radius 2 is 2.04 bits per heavy atom. The maximum Gasteiger partial charge on any atom is 0.317 e. The number of hydrogen-bond donors (Lipinski definition) is 3. The predicted octanol–water partition coefficient (Wildman–Crippen LogP) is 1.49. The quantitative estimate of drug-likeness (QED) is 0.710. The zero-order valence-corrected chi connectivity index (χ0v) is 13.1. The van der Waals surface area contributed by atoms with Gasteiger partial charge >= 0.3 is 12.0 Å². The van der Waals surface area contributed by atoms with Crippen molar-refractivity contribution in [2.75, 3.05) is 19.7 Å². The average molecular weight is 320 g/mol. The molecule has 1 aromatic rings. The van der Waals surface area contributed by atoms with Gasteiger partial charge in [0.15, 0.2) is 0 Å². The van der Waals surface area contributed by atoms with Crippen LogP contribution in [0.1, 0.15) is 24.8 Å². The Labute approximate surface area is 136 Å². The van der Waals surface area contributed by atoms with Gasteiger partial charge in [-0.2, -0.15) is 0 Å². The minimum atomic E-state index is -0.862. The molecule has 1 aliphatic rings. The molecule has 0 bridgehead atoms. The van der Waals surface area contributed by atoms with Gasteiger partial charge < -0.3 is 20.4 Å². The second kappa shape index (κ2) is 8.53. The summed E-state index contributed by atoms with van der Waals surface area (Å²) in [5, 5.41) is 21.0. The van der Waals surface area contributed by atoms with Gasteiger partial charge in [-0.15, -0.1) is 0 Å². The van der Waals surface area contributed by atoms with Crippen molar-refractivity contribution in [1.82, 2.24) is 10.2 Å². The van der Waals surface area contributed by atoms with E-state index in [0.29, 0.717) is 25.9 Å². The van der Waals surface area contributed by atoms with Crippen molar-refractivity contribution in [3.8, 4) is 0 Å². The smallest absolute Gasteiger partial charge is 0.317 e. The number of carbonyl (C=O) groups excluding carboxylic acids is 1. The molecule has 3 N–H and O–H groups in total. The molecule has 0 radical (unpaired) electrons. The molecule has 0 aliphatic carbocycles. The lowest BCUT2D eigenvalue weighted by molar-refractivity contribution is -0.137. The molecule has 0 aromatic heterocycles. The molecule has 0 saturated carbocycles. The van der Waals surface area contributed by atoms with Crippen LogP contribution in [-0.2, 0) is 11.2 Å². The molecule has 1 unspecified atom stereocenters. The summed E-state index contributed by atoms with van der Waals surface area (Å²) < 4.78 is 0. The lowest BCUT2D eigenvalue weighted by atomic mass is 10.0. The number of hydrogen-bond acceptors (Lipinski definition) is 3. The van der Waals surface area contributed by atoms with Crippen molar-refractivity contribution in [2.45, 2.75) is 31.7 Å². The lowest BCUT2D eigenvalue weighted by Gasteiger charge is -2.23. The summed E-state index contributed by atoms with van der Waals surface area (Å²) in [6.07, 6.45) is 1.84. The molecular weight excluding hydrogens is 296 g/mol. The van der Waals surface area contributed by atoms with Crippen LogP contribution >= 0.6 is 0 Å². The molecule has 1 aromatic carbocycles. The van der Waals surface area contributed by atoms with Crippen LogP contribution in [0.2, 0.25) is 0 Å². The topological polar surface area (TPSA) is 89.9 Å². The number of carboxylic acid groups (broad SMARTS) is 1. The van der Waals surface area contributed by atoms with E-state index in [-0.39, 0.29) is 31.0 Å². The number of likely N-dealkylation sites (tertiary alicyclic amines) is 1. The number of nitrogens with one attached hydrogen (secondary N) is 1. The molecule has 1 saturated heterocycles. The fraction of sp³-hybridized carbons (Fsp3) is 0.529. The highest BCUT2D eigenvalue weighted by atomic mass is 16.4. The highest BCUT2D eigenvalue weighted by Gasteiger charge is 2.27. The second-order valence-electron chi connectivity index (χ2n) is 6.05. The van der Waals surface area contributed by atoms with Crippen LogP contribution in [0.3, 0.4) is 0 Å². The van der Waals surface area contributed by atoms with Crippen LogP contribution in [0, 0.1) is 5.92 Å². The van der Waals surface area contributed by atoms with Gasteiger partial charge in [-0.25, -0.2) is 4.79 Å². The molecule has 0 spiro atoms. The Morgan fingerprint density at radius 3 is 2.65 bits per heavy atom. The van der Waals surface area contributed by atoms with Gasteiger partial charge in [-0.1, -0.05) is 30.3 Å². The molecule has 6 heteroatoms. The highest BCUT2D eigenvalue weighted by molar-refractivity contribution is 5.75. The summed E-state index contributed by atoms with van der Waals surface area (Å²) in [6.45, 7) is 1.28. The molecular formula is C17H24N2O4. The first-order valence-electron chi connectivity index (χ1n) is 8.00. The molecule has 2 atom stereocenters. The van der Waals surface area contributed by atoms with Crippen LogP contribution in [0.15, 0.2) is 30.3 Å². The van der Waals surface area contributed by atoms with Crippen molar-refractivity contribution in [3.05, 3.63) is 35.9 Å². The first-order valence-corrected chi connectivity index (χ1v) is 8.00. The largest absolute Gasteiger partial charge is 0.481 e. The lowest BCUT2D eigenvalue weighted by Crippen LogP contribution is -2.45. The Kier molecular flexibility index (Phi) is 6.40. The van der Waals surface area contributed by atoms with Crippen LogP contribution in [-0.4, -0.2) is 52.9 Å². The number of aliphatic hydroxyl groups excluding tert-OH is 1. The van der Waals surface area contributed by atoms with E-state index in [2.05, 4.69) is 5.32 Å². The first kappa shape index (κ1) is 17.3. The number of aliphatic hydroxyl groups is 1. The number of benzene rings is 1. The predicted molar refractivity (Wildman–Crippen MR) is 86.1 cm³/mol. The van der Waals surface area contributed by atoms with Crippen LogP contribution in [0.4, 0.5) is 4.79 Å². The fourth-order valence-corrected chi connectivity index (χ4v) is 2.85. The number of aliphatic carboxylic acids is 1. The monoisotopic (exact) mass is 320 g/mol. The van der Waals surface area contributed by atoms with E-state index in [9.17, 15) is 9.59 Å². The van der Waals surface area contributed by atoms with Crippen LogP contribution < -0.4 is 5.32 Å². The van der Waals surface area contributed by atoms with Crippen molar-refractivity contribution >= 4 is 12.0 Å². The van der Waals surface area contributed by atoms with E-state index in [0.717, 1.165) is 12.0 Å².